The molecule has 0 aliphatic carbocycles. The van der Waals surface area contributed by atoms with Gasteiger partial charge in [0.15, 0.2) is 0 Å². The van der Waals surface area contributed by atoms with E-state index in [0.29, 0.717) is 17.8 Å². The molecular weight excluding hydrogens is 374 g/mol. The van der Waals surface area contributed by atoms with Gasteiger partial charge in [-0.2, -0.15) is 0 Å². The van der Waals surface area contributed by atoms with Crippen LogP contribution in [0.2, 0.25) is 0 Å². The minimum Gasteiger partial charge on any atom is -0.495 e. The van der Waals surface area contributed by atoms with E-state index in [9.17, 15) is 8.42 Å². The van der Waals surface area contributed by atoms with Crippen LogP contribution in [0.25, 0.3) is 6.08 Å². The molecule has 6 nitrogen and oxygen atoms in total. The van der Waals surface area contributed by atoms with Gasteiger partial charge in [-0.1, -0.05) is 30.3 Å². The zero-order valence-electron chi connectivity index (χ0n) is 16.4. The summed E-state index contributed by atoms with van der Waals surface area (Å²) in [4.78, 5) is 2.22. The Morgan fingerprint density at radius 2 is 1.79 bits per heavy atom. The molecule has 1 aliphatic rings. The van der Waals surface area contributed by atoms with Crippen LogP contribution in [0.15, 0.2) is 53.9 Å². The van der Waals surface area contributed by atoms with Gasteiger partial charge in [0.25, 0.3) is 10.0 Å². The van der Waals surface area contributed by atoms with Crippen LogP contribution in [0, 0.1) is 0 Å². The van der Waals surface area contributed by atoms with Crippen LogP contribution in [-0.2, 0) is 10.0 Å². The number of ether oxygens (including phenoxy) is 1. The Morgan fingerprint density at radius 3 is 2.43 bits per heavy atom. The summed E-state index contributed by atoms with van der Waals surface area (Å²) >= 11 is 0. The lowest BCUT2D eigenvalue weighted by Gasteiger charge is -2.38. The molecule has 7 heteroatoms. The number of benzene rings is 2. The van der Waals surface area contributed by atoms with Crippen molar-refractivity contribution in [2.75, 3.05) is 29.8 Å². The van der Waals surface area contributed by atoms with Gasteiger partial charge in [0.2, 0.25) is 0 Å². The number of piperazine rings is 1. The van der Waals surface area contributed by atoms with E-state index in [1.54, 1.807) is 25.3 Å². The number of hydrogen-bond acceptors (Lipinski definition) is 5. The van der Waals surface area contributed by atoms with E-state index in [1.807, 2.05) is 36.4 Å². The molecule has 2 N–H and O–H groups in total. The third-order valence-corrected chi connectivity index (χ3v) is 5.59. The van der Waals surface area contributed by atoms with Crippen LogP contribution < -0.4 is 19.7 Å². The van der Waals surface area contributed by atoms with Crippen LogP contribution >= 0.6 is 0 Å². The van der Waals surface area contributed by atoms with Gasteiger partial charge in [0.1, 0.15) is 5.75 Å². The predicted octanol–water partition coefficient (Wildman–Crippen LogP) is 3.29. The summed E-state index contributed by atoms with van der Waals surface area (Å²) in [6, 6.07) is 15.3. The van der Waals surface area contributed by atoms with Gasteiger partial charge in [-0.25, -0.2) is 8.42 Å². The summed E-state index contributed by atoms with van der Waals surface area (Å²) in [5, 5.41) is 4.68. The summed E-state index contributed by atoms with van der Waals surface area (Å²) in [5.41, 5.74) is 2.22. The average molecular weight is 402 g/mol. The highest BCUT2D eigenvalue weighted by Crippen LogP contribution is 2.33. The highest BCUT2D eigenvalue weighted by atomic mass is 32.2. The molecule has 1 heterocycles. The molecule has 0 spiro atoms. The third kappa shape index (κ3) is 5.27. The number of nitrogens with one attached hydrogen (secondary N) is 2. The maximum absolute atomic E-state index is 12.5. The molecule has 2 aromatic carbocycles. The van der Waals surface area contributed by atoms with Crippen LogP contribution in [0.5, 0.6) is 5.75 Å². The first kappa shape index (κ1) is 20.2. The van der Waals surface area contributed by atoms with E-state index in [0.717, 1.165) is 30.1 Å². The number of nitrogens with zero attached hydrogens (tertiary/aromatic N) is 1. The highest BCUT2D eigenvalue weighted by Gasteiger charge is 2.23. The quantitative estimate of drug-likeness (QED) is 0.777. The van der Waals surface area contributed by atoms with Crippen molar-refractivity contribution < 1.29 is 13.2 Å². The van der Waals surface area contributed by atoms with Crippen molar-refractivity contribution >= 4 is 27.5 Å². The normalized spacial score (nSPS) is 20.3. The summed E-state index contributed by atoms with van der Waals surface area (Å²) in [6.45, 7) is 5.92. The smallest absolute Gasteiger partial charge is 0.255 e. The first-order valence-electron chi connectivity index (χ1n) is 9.31. The molecule has 0 aromatic heterocycles. The number of rotatable bonds is 6. The minimum atomic E-state index is -3.62. The molecule has 0 radical (unpaired) electrons. The molecule has 3 rings (SSSR count). The molecule has 28 heavy (non-hydrogen) atoms. The van der Waals surface area contributed by atoms with E-state index in [2.05, 4.69) is 28.8 Å². The maximum atomic E-state index is 12.5. The fraction of sp³-hybridized carbons (Fsp3) is 0.333. The molecule has 1 saturated heterocycles. The zero-order chi connectivity index (χ0) is 20.1. The summed E-state index contributed by atoms with van der Waals surface area (Å²) in [5.74, 6) is 0.726. The Bertz CT molecular complexity index is 919. The van der Waals surface area contributed by atoms with Gasteiger partial charge in [-0.15, -0.1) is 0 Å². The molecule has 1 aliphatic heterocycles. The van der Waals surface area contributed by atoms with Gasteiger partial charge < -0.3 is 15.0 Å². The van der Waals surface area contributed by atoms with Crippen molar-refractivity contribution in [1.82, 2.24) is 5.32 Å². The van der Waals surface area contributed by atoms with Gasteiger partial charge >= 0.3 is 0 Å². The second-order valence-electron chi connectivity index (χ2n) is 7.12. The van der Waals surface area contributed by atoms with Gasteiger partial charge in [-0.3, -0.25) is 4.72 Å². The van der Waals surface area contributed by atoms with Crippen molar-refractivity contribution in [2.45, 2.75) is 25.9 Å². The van der Waals surface area contributed by atoms with Gasteiger partial charge in [-0.05, 0) is 43.7 Å². The fourth-order valence-corrected chi connectivity index (χ4v) is 4.31. The Balaban J connectivity index is 1.81. The monoisotopic (exact) mass is 401 g/mol. The standard InChI is InChI=1S/C21H27N3O3S/c1-16-14-24(15-17(2)22-16)20-13-19(9-10-21(20)27-3)23-28(25,26)12-11-18-7-5-4-6-8-18/h4-13,16-17,22-23H,14-15H2,1-3H3/b12-11+. The van der Waals surface area contributed by atoms with E-state index in [-0.39, 0.29) is 0 Å². The number of hydrogen-bond donors (Lipinski definition) is 2. The molecule has 2 unspecified atom stereocenters. The van der Waals surface area contributed by atoms with E-state index < -0.39 is 10.0 Å². The Kier molecular flexibility index (Phi) is 6.26. The summed E-state index contributed by atoms with van der Waals surface area (Å²) in [6.07, 6.45) is 1.58. The Hall–Kier alpha value is -2.51. The summed E-state index contributed by atoms with van der Waals surface area (Å²) < 4.78 is 33.1. The molecule has 0 amide bonds. The van der Waals surface area contributed by atoms with Gasteiger partial charge in [0, 0.05) is 25.2 Å². The molecule has 0 bridgehead atoms. The first-order valence-corrected chi connectivity index (χ1v) is 10.9. The maximum Gasteiger partial charge on any atom is 0.255 e. The van der Waals surface area contributed by atoms with Crippen LogP contribution in [-0.4, -0.2) is 40.7 Å². The second kappa shape index (κ2) is 8.67. The molecule has 1 fully saturated rings. The Morgan fingerprint density at radius 1 is 1.11 bits per heavy atom. The van der Waals surface area contributed by atoms with Crippen molar-refractivity contribution in [3.63, 3.8) is 0 Å². The number of methoxy groups -OCH3 is 1. The fourth-order valence-electron chi connectivity index (χ4n) is 3.45. The lowest BCUT2D eigenvalue weighted by Crippen LogP contribution is -2.54. The van der Waals surface area contributed by atoms with Crippen LogP contribution in [0.4, 0.5) is 11.4 Å². The first-order chi connectivity index (χ1) is 13.4. The van der Waals surface area contributed by atoms with Gasteiger partial charge in [0.05, 0.1) is 23.9 Å². The number of sulfonamides is 1. The molecule has 2 atom stereocenters. The lowest BCUT2D eigenvalue weighted by molar-refractivity contribution is 0.391. The predicted molar refractivity (Wildman–Crippen MR) is 115 cm³/mol. The largest absolute Gasteiger partial charge is 0.495 e. The van der Waals surface area contributed by atoms with Crippen LogP contribution in [0.3, 0.4) is 0 Å². The van der Waals surface area contributed by atoms with Crippen LogP contribution in [0.1, 0.15) is 19.4 Å². The SMILES string of the molecule is COc1ccc(NS(=O)(=O)/C=C/c2ccccc2)cc1N1CC(C)NC(C)C1. The summed E-state index contributed by atoms with van der Waals surface area (Å²) in [7, 11) is -2.00. The van der Waals surface area contributed by atoms with Crippen molar-refractivity contribution in [2.24, 2.45) is 0 Å². The molecular formula is C21H27N3O3S. The second-order valence-corrected chi connectivity index (χ2v) is 8.69. The average Bonchev–Trinajstić information content (AvgIpc) is 2.66. The van der Waals surface area contributed by atoms with Crippen molar-refractivity contribution in [1.29, 1.82) is 0 Å². The Labute approximate surface area is 167 Å². The topological polar surface area (TPSA) is 70.7 Å². The third-order valence-electron chi connectivity index (χ3n) is 4.58. The number of anilines is 2. The molecule has 150 valence electrons. The molecule has 0 saturated carbocycles. The lowest BCUT2D eigenvalue weighted by atomic mass is 10.1. The van der Waals surface area contributed by atoms with E-state index >= 15 is 0 Å². The van der Waals surface area contributed by atoms with E-state index in [1.165, 1.54) is 5.41 Å². The van der Waals surface area contributed by atoms with E-state index in [4.69, 9.17) is 4.74 Å². The zero-order valence-corrected chi connectivity index (χ0v) is 17.2. The molecule has 2 aromatic rings. The van der Waals surface area contributed by atoms with Crippen molar-refractivity contribution in [3.05, 3.63) is 59.5 Å². The highest BCUT2D eigenvalue weighted by molar-refractivity contribution is 7.95. The van der Waals surface area contributed by atoms with Crippen molar-refractivity contribution in [3.8, 4) is 5.75 Å². The minimum absolute atomic E-state index is 0.336.